The van der Waals surface area contributed by atoms with Gasteiger partial charge in [-0.2, -0.15) is 0 Å². The van der Waals surface area contributed by atoms with Crippen LogP contribution in [0.15, 0.2) is 54.6 Å². The summed E-state index contributed by atoms with van der Waals surface area (Å²) in [6.45, 7) is 1.95. The maximum Gasteiger partial charge on any atom is 0.145 e. The quantitative estimate of drug-likeness (QED) is 0.705. The van der Waals surface area contributed by atoms with Gasteiger partial charge in [0.25, 0.3) is 0 Å². The number of hydrogen-bond acceptors (Lipinski definition) is 3. The fraction of sp³-hybridized carbons (Fsp3) is 0.118. The zero-order valence-corrected chi connectivity index (χ0v) is 11.5. The highest BCUT2D eigenvalue weighted by Gasteiger charge is 2.10. The highest BCUT2D eigenvalue weighted by molar-refractivity contribution is 5.90. The molecule has 1 aromatic heterocycles. The minimum Gasteiger partial charge on any atom is -0.494 e. The molecule has 20 heavy (non-hydrogen) atoms. The van der Waals surface area contributed by atoms with E-state index in [9.17, 15) is 0 Å². The number of pyridine rings is 1. The summed E-state index contributed by atoms with van der Waals surface area (Å²) < 4.78 is 11.3. The molecule has 0 aliphatic heterocycles. The van der Waals surface area contributed by atoms with Crippen LogP contribution in [-0.4, -0.2) is 12.1 Å². The van der Waals surface area contributed by atoms with E-state index in [1.165, 1.54) is 0 Å². The zero-order valence-electron chi connectivity index (χ0n) is 11.5. The van der Waals surface area contributed by atoms with Crippen molar-refractivity contribution >= 4 is 10.9 Å². The van der Waals surface area contributed by atoms with Gasteiger partial charge in [0.15, 0.2) is 0 Å². The van der Waals surface area contributed by atoms with Crippen LogP contribution in [0.1, 0.15) is 5.69 Å². The summed E-state index contributed by atoms with van der Waals surface area (Å²) >= 11 is 0. The lowest BCUT2D eigenvalue weighted by Crippen LogP contribution is -1.93. The molecule has 0 unspecified atom stereocenters. The van der Waals surface area contributed by atoms with Crippen LogP contribution in [-0.2, 0) is 0 Å². The molecule has 2 aromatic carbocycles. The van der Waals surface area contributed by atoms with Crippen LogP contribution in [0.4, 0.5) is 0 Å². The number of fused-ring (bicyclic) bond motifs is 1. The Morgan fingerprint density at radius 2 is 1.70 bits per heavy atom. The SMILES string of the molecule is COc1cccc2c(Oc3ccccc3)cc(C)nc12. The average molecular weight is 265 g/mol. The van der Waals surface area contributed by atoms with Crippen molar-refractivity contribution in [3.05, 3.63) is 60.3 Å². The Kier molecular flexibility index (Phi) is 3.25. The van der Waals surface area contributed by atoms with Crippen molar-refractivity contribution in [3.8, 4) is 17.2 Å². The van der Waals surface area contributed by atoms with Crippen LogP contribution in [0.2, 0.25) is 0 Å². The molecule has 3 heteroatoms. The Hall–Kier alpha value is -2.55. The van der Waals surface area contributed by atoms with Crippen molar-refractivity contribution in [3.63, 3.8) is 0 Å². The van der Waals surface area contributed by atoms with E-state index in [-0.39, 0.29) is 0 Å². The number of hydrogen-bond donors (Lipinski definition) is 0. The Bertz CT molecular complexity index is 739. The molecule has 3 rings (SSSR count). The molecule has 0 bridgehead atoms. The van der Waals surface area contributed by atoms with Gasteiger partial charge in [0.1, 0.15) is 22.8 Å². The van der Waals surface area contributed by atoms with E-state index in [4.69, 9.17) is 9.47 Å². The molecule has 0 N–H and O–H groups in total. The van der Waals surface area contributed by atoms with Crippen LogP contribution in [0, 0.1) is 6.92 Å². The molecule has 0 amide bonds. The van der Waals surface area contributed by atoms with Crippen molar-refractivity contribution in [2.45, 2.75) is 6.92 Å². The first kappa shape index (κ1) is 12.5. The van der Waals surface area contributed by atoms with Gasteiger partial charge in [0.2, 0.25) is 0 Å². The predicted molar refractivity (Wildman–Crippen MR) is 79.5 cm³/mol. The fourth-order valence-electron chi connectivity index (χ4n) is 2.18. The van der Waals surface area contributed by atoms with Gasteiger partial charge in [0.05, 0.1) is 7.11 Å². The first-order chi connectivity index (χ1) is 9.78. The molecule has 0 radical (unpaired) electrons. The van der Waals surface area contributed by atoms with Gasteiger partial charge in [0, 0.05) is 17.1 Å². The fourth-order valence-corrected chi connectivity index (χ4v) is 2.18. The van der Waals surface area contributed by atoms with E-state index in [0.29, 0.717) is 0 Å². The van der Waals surface area contributed by atoms with E-state index in [1.54, 1.807) is 7.11 Å². The topological polar surface area (TPSA) is 31.4 Å². The molecule has 100 valence electrons. The number of benzene rings is 2. The molecular weight excluding hydrogens is 250 g/mol. The molecule has 1 heterocycles. The number of para-hydroxylation sites is 2. The third-order valence-corrected chi connectivity index (χ3v) is 3.08. The number of aryl methyl sites for hydroxylation is 1. The van der Waals surface area contributed by atoms with Gasteiger partial charge in [-0.3, -0.25) is 0 Å². The smallest absolute Gasteiger partial charge is 0.145 e. The summed E-state index contributed by atoms with van der Waals surface area (Å²) in [5, 5.41) is 0.943. The lowest BCUT2D eigenvalue weighted by molar-refractivity contribution is 0.418. The van der Waals surface area contributed by atoms with Gasteiger partial charge >= 0.3 is 0 Å². The highest BCUT2D eigenvalue weighted by atomic mass is 16.5. The summed E-state index contributed by atoms with van der Waals surface area (Å²) in [5.41, 5.74) is 1.72. The van der Waals surface area contributed by atoms with Gasteiger partial charge < -0.3 is 9.47 Å². The van der Waals surface area contributed by atoms with Crippen molar-refractivity contribution in [1.29, 1.82) is 0 Å². The predicted octanol–water partition coefficient (Wildman–Crippen LogP) is 4.34. The molecular formula is C17H15NO2. The van der Waals surface area contributed by atoms with Crippen LogP contribution >= 0.6 is 0 Å². The summed E-state index contributed by atoms with van der Waals surface area (Å²) in [5.74, 6) is 2.35. The van der Waals surface area contributed by atoms with Crippen molar-refractivity contribution in [1.82, 2.24) is 4.98 Å². The molecule has 0 aliphatic carbocycles. The minimum atomic E-state index is 0.754. The zero-order chi connectivity index (χ0) is 13.9. The third kappa shape index (κ3) is 2.30. The molecule has 0 spiro atoms. The second kappa shape index (κ2) is 5.21. The Morgan fingerprint density at radius 1 is 0.900 bits per heavy atom. The van der Waals surface area contributed by atoms with Crippen molar-refractivity contribution in [2.24, 2.45) is 0 Å². The van der Waals surface area contributed by atoms with Crippen molar-refractivity contribution < 1.29 is 9.47 Å². The van der Waals surface area contributed by atoms with Gasteiger partial charge in [-0.1, -0.05) is 24.3 Å². The normalized spacial score (nSPS) is 10.5. The summed E-state index contributed by atoms with van der Waals surface area (Å²) in [7, 11) is 1.65. The molecule has 0 saturated heterocycles. The Labute approximate surface area is 117 Å². The van der Waals surface area contributed by atoms with E-state index in [1.807, 2.05) is 61.5 Å². The number of aromatic nitrogens is 1. The standard InChI is InChI=1S/C17H15NO2/c1-12-11-16(20-13-7-4-3-5-8-13)14-9-6-10-15(19-2)17(14)18-12/h3-11H,1-2H3. The van der Waals surface area contributed by atoms with E-state index in [0.717, 1.165) is 33.8 Å². The molecule has 0 atom stereocenters. The first-order valence-corrected chi connectivity index (χ1v) is 6.45. The highest BCUT2D eigenvalue weighted by Crippen LogP contribution is 2.33. The van der Waals surface area contributed by atoms with Gasteiger partial charge in [-0.05, 0) is 31.2 Å². The lowest BCUT2D eigenvalue weighted by atomic mass is 10.1. The van der Waals surface area contributed by atoms with E-state index >= 15 is 0 Å². The Morgan fingerprint density at radius 3 is 2.45 bits per heavy atom. The summed E-state index contributed by atoms with van der Waals surface area (Å²) in [6.07, 6.45) is 0. The molecule has 0 aliphatic rings. The third-order valence-electron chi connectivity index (χ3n) is 3.08. The van der Waals surface area contributed by atoms with E-state index < -0.39 is 0 Å². The number of nitrogens with zero attached hydrogens (tertiary/aromatic N) is 1. The van der Waals surface area contributed by atoms with Gasteiger partial charge in [-0.25, -0.2) is 4.98 Å². The maximum absolute atomic E-state index is 5.98. The summed E-state index contributed by atoms with van der Waals surface area (Å²) in [6, 6.07) is 17.5. The molecule has 3 nitrogen and oxygen atoms in total. The van der Waals surface area contributed by atoms with Gasteiger partial charge in [-0.15, -0.1) is 0 Å². The number of methoxy groups -OCH3 is 1. The average Bonchev–Trinajstić information content (AvgIpc) is 2.47. The van der Waals surface area contributed by atoms with Crippen LogP contribution < -0.4 is 9.47 Å². The number of ether oxygens (including phenoxy) is 2. The first-order valence-electron chi connectivity index (χ1n) is 6.45. The molecule has 0 saturated carbocycles. The second-order valence-corrected chi connectivity index (χ2v) is 4.53. The van der Waals surface area contributed by atoms with Crippen molar-refractivity contribution in [2.75, 3.05) is 7.11 Å². The minimum absolute atomic E-state index is 0.754. The van der Waals surface area contributed by atoms with Crippen LogP contribution in [0.5, 0.6) is 17.2 Å². The van der Waals surface area contributed by atoms with Crippen LogP contribution in [0.3, 0.4) is 0 Å². The Balaban J connectivity index is 2.15. The monoisotopic (exact) mass is 265 g/mol. The largest absolute Gasteiger partial charge is 0.494 e. The second-order valence-electron chi connectivity index (χ2n) is 4.53. The lowest BCUT2D eigenvalue weighted by Gasteiger charge is -2.11. The van der Waals surface area contributed by atoms with E-state index in [2.05, 4.69) is 4.98 Å². The number of rotatable bonds is 3. The molecule has 0 fully saturated rings. The maximum atomic E-state index is 5.98. The van der Waals surface area contributed by atoms with Crippen LogP contribution in [0.25, 0.3) is 10.9 Å². The summed E-state index contributed by atoms with van der Waals surface area (Å²) in [4.78, 5) is 4.54. The molecule has 3 aromatic rings.